The molecule has 0 N–H and O–H groups in total. The number of nitriles is 2. The first-order chi connectivity index (χ1) is 37.6. The first-order valence-corrected chi connectivity index (χ1v) is 26.8. The molecule has 8 heteroatoms. The maximum atomic E-state index is 12.3. The van der Waals surface area contributed by atoms with Gasteiger partial charge in [0.2, 0.25) is 0 Å². The van der Waals surface area contributed by atoms with Gasteiger partial charge in [-0.2, -0.15) is 10.5 Å². The Morgan fingerprint density at radius 3 is 1.17 bits per heavy atom. The normalized spacial score (nSPS) is 12.2. The van der Waals surface area contributed by atoms with Crippen molar-refractivity contribution in [1.29, 1.82) is 10.5 Å². The summed E-state index contributed by atoms with van der Waals surface area (Å²) >= 11 is 3.54. The van der Waals surface area contributed by atoms with Gasteiger partial charge in [-0.25, -0.2) is 0 Å². The number of aromatic nitrogens is 2. The molecule has 0 saturated carbocycles. The van der Waals surface area contributed by atoms with Gasteiger partial charge in [-0.1, -0.05) is 121 Å². The van der Waals surface area contributed by atoms with E-state index in [2.05, 4.69) is 179 Å². The van der Waals surface area contributed by atoms with E-state index in [1.165, 1.54) is 30.9 Å². The summed E-state index contributed by atoms with van der Waals surface area (Å²) in [7, 11) is 0. The van der Waals surface area contributed by atoms with Crippen LogP contribution in [0.15, 0.2) is 215 Å². The van der Waals surface area contributed by atoms with E-state index < -0.39 is 0 Å². The zero-order valence-corrected chi connectivity index (χ0v) is 41.7. The fourth-order valence-electron chi connectivity index (χ4n) is 12.6. The van der Waals surface area contributed by atoms with Gasteiger partial charge >= 0.3 is 0 Å². The number of fused-ring (bicyclic) bond motifs is 18. The van der Waals surface area contributed by atoms with Gasteiger partial charge in [-0.3, -0.25) is 0 Å². The zero-order valence-electron chi connectivity index (χ0n) is 40.1. The summed E-state index contributed by atoms with van der Waals surface area (Å²) in [5.41, 5.74) is 11.5. The SMILES string of the molecule is N#Cc1c(-c2ccc3c(c2)oc2ccccc23)c(C#N)c(-n2c3ccccc3c3cc4c(cc32)sc2ccccc24)c(-c2ccc3c(c2)oc2ccccc23)c1-n1c2ccccc2c2cc3c(cc21)sc1ccccc13. The first-order valence-electron chi connectivity index (χ1n) is 25.2. The lowest BCUT2D eigenvalue weighted by Gasteiger charge is -2.25. The Morgan fingerprint density at radius 2 is 0.697 bits per heavy atom. The Kier molecular flexibility index (Phi) is 8.36. The fourth-order valence-corrected chi connectivity index (χ4v) is 14.8. The lowest BCUT2D eigenvalue weighted by molar-refractivity contribution is 0.668. The highest BCUT2D eigenvalue weighted by atomic mass is 32.1. The van der Waals surface area contributed by atoms with Crippen LogP contribution < -0.4 is 0 Å². The zero-order chi connectivity index (χ0) is 49.9. The summed E-state index contributed by atoms with van der Waals surface area (Å²) in [5, 5.41) is 37.6. The summed E-state index contributed by atoms with van der Waals surface area (Å²) in [5.74, 6) is 0. The average molecular weight is 1000 g/mol. The first kappa shape index (κ1) is 41.5. The third-order valence-corrected chi connectivity index (χ3v) is 18.1. The van der Waals surface area contributed by atoms with Crippen LogP contribution in [-0.2, 0) is 0 Å². The van der Waals surface area contributed by atoms with Gasteiger partial charge in [-0.05, 0) is 96.1 Å². The Hall–Kier alpha value is -9.96. The molecular formula is C68H34N4O2S2. The molecule has 0 spiro atoms. The molecule has 0 aliphatic heterocycles. The van der Waals surface area contributed by atoms with Gasteiger partial charge in [0.1, 0.15) is 34.5 Å². The number of hydrogen-bond donors (Lipinski definition) is 0. The lowest BCUT2D eigenvalue weighted by atomic mass is 9.86. The van der Waals surface area contributed by atoms with Crippen molar-refractivity contribution in [2.24, 2.45) is 0 Å². The topological polar surface area (TPSA) is 83.7 Å². The highest BCUT2D eigenvalue weighted by molar-refractivity contribution is 7.26. The van der Waals surface area contributed by atoms with Gasteiger partial charge in [-0.15, -0.1) is 22.7 Å². The minimum atomic E-state index is 0.363. The number of rotatable bonds is 4. The van der Waals surface area contributed by atoms with Crippen molar-refractivity contribution in [1.82, 2.24) is 9.13 Å². The van der Waals surface area contributed by atoms with Crippen molar-refractivity contribution in [3.63, 3.8) is 0 Å². The standard InChI is InChI=1S/C68H34N4O2S2/c69-35-51-65(37-25-27-43-41-15-3-9-21-57(41)73-59(43)29-37)52(36-70)68(72-54-20-8-2-14-40(54)48-32-50-46-18-6-12-24-62(46)76-64(50)34-56(48)72)66(38-26-28-44-42-16-4-10-22-58(42)74-60(44)30-38)67(51)71-53-19-7-1-13-39(53)47-31-49-45-17-5-11-23-61(45)75-63(49)33-55(47)71/h1-34H. The van der Waals surface area contributed by atoms with Crippen molar-refractivity contribution in [2.45, 2.75) is 0 Å². The molecule has 11 aromatic carbocycles. The quantitative estimate of drug-likeness (QED) is 0.176. The van der Waals surface area contributed by atoms with E-state index in [0.29, 0.717) is 44.8 Å². The highest BCUT2D eigenvalue weighted by Crippen LogP contribution is 2.52. The molecule has 6 heterocycles. The van der Waals surface area contributed by atoms with Crippen molar-refractivity contribution >= 4 is 151 Å². The molecule has 350 valence electrons. The maximum absolute atomic E-state index is 12.3. The third kappa shape index (κ3) is 5.56. The predicted molar refractivity (Wildman–Crippen MR) is 316 cm³/mol. The summed E-state index contributed by atoms with van der Waals surface area (Å²) in [6, 6.07) is 77.8. The van der Waals surface area contributed by atoms with E-state index in [0.717, 1.165) is 96.8 Å². The van der Waals surface area contributed by atoms with Crippen LogP contribution in [0.4, 0.5) is 0 Å². The Labute approximate surface area is 439 Å². The van der Waals surface area contributed by atoms with E-state index in [-0.39, 0.29) is 0 Å². The van der Waals surface area contributed by atoms with Crippen LogP contribution in [0.1, 0.15) is 11.1 Å². The number of thiophene rings is 2. The number of para-hydroxylation sites is 4. The molecule has 0 radical (unpaired) electrons. The molecule has 6 nitrogen and oxygen atoms in total. The molecule has 0 amide bonds. The van der Waals surface area contributed by atoms with E-state index in [1.807, 2.05) is 48.5 Å². The maximum Gasteiger partial charge on any atom is 0.136 e. The number of benzene rings is 11. The van der Waals surface area contributed by atoms with Crippen molar-refractivity contribution in [3.8, 4) is 45.8 Å². The van der Waals surface area contributed by atoms with Gasteiger partial charge < -0.3 is 18.0 Å². The van der Waals surface area contributed by atoms with Gasteiger partial charge in [0.15, 0.2) is 0 Å². The molecule has 0 aliphatic carbocycles. The summed E-state index contributed by atoms with van der Waals surface area (Å²) < 4.78 is 22.6. The Morgan fingerprint density at radius 1 is 0.303 bits per heavy atom. The minimum absolute atomic E-state index is 0.363. The predicted octanol–water partition coefficient (Wildman–Crippen LogP) is 19.5. The Bertz CT molecular complexity index is 5300. The molecule has 76 heavy (non-hydrogen) atoms. The summed E-state index contributed by atoms with van der Waals surface area (Å²) in [4.78, 5) is 0. The van der Waals surface area contributed by atoms with Crippen LogP contribution in [-0.4, -0.2) is 9.13 Å². The highest BCUT2D eigenvalue weighted by Gasteiger charge is 2.33. The van der Waals surface area contributed by atoms with E-state index in [1.54, 1.807) is 22.7 Å². The van der Waals surface area contributed by atoms with Gasteiger partial charge in [0, 0.05) is 94.6 Å². The van der Waals surface area contributed by atoms with Crippen molar-refractivity contribution in [3.05, 3.63) is 217 Å². The monoisotopic (exact) mass is 1000 g/mol. The van der Waals surface area contributed by atoms with Crippen molar-refractivity contribution < 1.29 is 8.83 Å². The second kappa shape index (κ2) is 15.3. The molecule has 0 bridgehead atoms. The van der Waals surface area contributed by atoms with Crippen molar-refractivity contribution in [2.75, 3.05) is 0 Å². The fraction of sp³-hybridized carbons (Fsp3) is 0. The van der Waals surface area contributed by atoms with Crippen LogP contribution in [0.2, 0.25) is 0 Å². The van der Waals surface area contributed by atoms with Crippen LogP contribution >= 0.6 is 22.7 Å². The van der Waals surface area contributed by atoms with E-state index in [9.17, 15) is 10.5 Å². The number of furan rings is 2. The lowest BCUT2D eigenvalue weighted by Crippen LogP contribution is -2.11. The largest absolute Gasteiger partial charge is 0.456 e. The molecule has 6 aromatic heterocycles. The minimum Gasteiger partial charge on any atom is -0.456 e. The van der Waals surface area contributed by atoms with Crippen LogP contribution in [0.3, 0.4) is 0 Å². The molecule has 0 saturated heterocycles. The molecule has 17 aromatic rings. The molecule has 0 aliphatic rings. The summed E-state index contributed by atoms with van der Waals surface area (Å²) in [6.07, 6.45) is 0. The van der Waals surface area contributed by atoms with Gasteiger partial charge in [0.25, 0.3) is 0 Å². The average Bonchev–Trinajstić information content (AvgIpc) is 4.34. The van der Waals surface area contributed by atoms with E-state index >= 15 is 0 Å². The summed E-state index contributed by atoms with van der Waals surface area (Å²) in [6.45, 7) is 0. The molecule has 0 unspecified atom stereocenters. The van der Waals surface area contributed by atoms with Crippen LogP contribution in [0.25, 0.3) is 161 Å². The smallest absolute Gasteiger partial charge is 0.136 e. The molecule has 17 rings (SSSR count). The van der Waals surface area contributed by atoms with Crippen LogP contribution in [0.5, 0.6) is 0 Å². The molecule has 0 fully saturated rings. The Balaban J connectivity index is 1.12. The number of hydrogen-bond acceptors (Lipinski definition) is 6. The second-order valence-corrected chi connectivity index (χ2v) is 21.8. The number of nitrogens with zero attached hydrogens (tertiary/aromatic N) is 4. The second-order valence-electron chi connectivity index (χ2n) is 19.7. The van der Waals surface area contributed by atoms with E-state index in [4.69, 9.17) is 8.83 Å². The van der Waals surface area contributed by atoms with Crippen LogP contribution in [0, 0.1) is 22.7 Å². The molecular weight excluding hydrogens is 969 g/mol. The molecule has 0 atom stereocenters. The van der Waals surface area contributed by atoms with Gasteiger partial charge in [0.05, 0.1) is 44.6 Å². The third-order valence-electron chi connectivity index (χ3n) is 15.8.